The van der Waals surface area contributed by atoms with Crippen molar-refractivity contribution >= 4 is 41.6 Å². The van der Waals surface area contributed by atoms with E-state index < -0.39 is 78.0 Å². The standard InChI is InChI=1S/C27H40N2O12/c1-14(15(2)27(36)41-29-22(34)11-12-23(29)35)9-7-8-10-20-24(28-16(3)30)26(39-19(6)33)25(38-18(5)32)21(40-20)13-37-17(4)31/h14-15,20-21,24-26H,7-13H2,1-6H3,(H,28,30)/t14?,15?,20-,21?,24?,25-,26+/m0/s1. The van der Waals surface area contributed by atoms with Gasteiger partial charge >= 0.3 is 23.9 Å². The fourth-order valence-corrected chi connectivity index (χ4v) is 4.80. The number of hydrogen-bond acceptors (Lipinski definition) is 12. The third kappa shape index (κ3) is 10.1. The molecule has 0 radical (unpaired) electrons. The fraction of sp³-hybridized carbons (Fsp3) is 0.741. The molecule has 4 unspecified atom stereocenters. The molecule has 2 saturated heterocycles. The zero-order valence-corrected chi connectivity index (χ0v) is 24.3. The zero-order chi connectivity index (χ0) is 30.9. The SMILES string of the molecule is CC(=O)NC1[C@H](CCCCC(C)C(C)C(=O)ON2C(=O)CCC2=O)OC(COC(C)=O)[C@H](OC(C)=O)[C@@H]1OC(C)=O. The number of imide groups is 1. The Balaban J connectivity index is 2.08. The average Bonchev–Trinajstić information content (AvgIpc) is 3.19. The van der Waals surface area contributed by atoms with Crippen molar-refractivity contribution < 1.29 is 57.3 Å². The second kappa shape index (κ2) is 15.5. The van der Waals surface area contributed by atoms with Gasteiger partial charge in [-0.3, -0.25) is 28.8 Å². The van der Waals surface area contributed by atoms with Gasteiger partial charge in [-0.1, -0.05) is 26.7 Å². The van der Waals surface area contributed by atoms with E-state index in [1.807, 2.05) is 6.92 Å². The topological polar surface area (TPSA) is 181 Å². The Bertz CT molecular complexity index is 998. The molecule has 0 bridgehead atoms. The Kier molecular flexibility index (Phi) is 12.7. The van der Waals surface area contributed by atoms with Crippen LogP contribution in [0.5, 0.6) is 0 Å². The molecular formula is C27H40N2O12. The van der Waals surface area contributed by atoms with Gasteiger partial charge in [-0.25, -0.2) is 4.79 Å². The van der Waals surface area contributed by atoms with Crippen molar-refractivity contribution in [2.24, 2.45) is 11.8 Å². The van der Waals surface area contributed by atoms with Crippen LogP contribution in [0, 0.1) is 11.8 Å². The highest BCUT2D eigenvalue weighted by Crippen LogP contribution is 2.30. The molecule has 0 spiro atoms. The monoisotopic (exact) mass is 584 g/mol. The normalized spacial score (nSPS) is 25.6. The Morgan fingerprint density at radius 3 is 2.00 bits per heavy atom. The summed E-state index contributed by atoms with van der Waals surface area (Å²) in [6.07, 6.45) is -1.71. The third-order valence-corrected chi connectivity index (χ3v) is 7.03. The van der Waals surface area contributed by atoms with Crippen molar-refractivity contribution in [3.63, 3.8) is 0 Å². The summed E-state index contributed by atoms with van der Waals surface area (Å²) in [5, 5.41) is 3.27. The van der Waals surface area contributed by atoms with Gasteiger partial charge in [0.25, 0.3) is 11.8 Å². The van der Waals surface area contributed by atoms with E-state index in [9.17, 15) is 33.6 Å². The van der Waals surface area contributed by atoms with Gasteiger partial charge in [-0.05, 0) is 18.8 Å². The molecule has 0 aromatic rings. The van der Waals surface area contributed by atoms with Crippen LogP contribution in [0.3, 0.4) is 0 Å². The van der Waals surface area contributed by atoms with Crippen molar-refractivity contribution in [2.45, 2.75) is 111 Å². The zero-order valence-electron chi connectivity index (χ0n) is 24.3. The molecule has 230 valence electrons. The molecule has 14 heteroatoms. The van der Waals surface area contributed by atoms with Crippen LogP contribution < -0.4 is 5.32 Å². The summed E-state index contributed by atoms with van der Waals surface area (Å²) < 4.78 is 22.2. The molecule has 41 heavy (non-hydrogen) atoms. The first-order valence-electron chi connectivity index (χ1n) is 13.7. The van der Waals surface area contributed by atoms with Gasteiger partial charge in [0.05, 0.1) is 18.1 Å². The van der Waals surface area contributed by atoms with Crippen LogP contribution in [0.15, 0.2) is 0 Å². The Morgan fingerprint density at radius 2 is 1.46 bits per heavy atom. The minimum absolute atomic E-state index is 0.0143. The Hall–Kier alpha value is -3.55. The third-order valence-electron chi connectivity index (χ3n) is 7.03. The van der Waals surface area contributed by atoms with Gasteiger partial charge in [0, 0.05) is 40.5 Å². The van der Waals surface area contributed by atoms with Crippen molar-refractivity contribution in [3.8, 4) is 0 Å². The number of rotatable bonds is 13. The maximum atomic E-state index is 12.5. The quantitative estimate of drug-likeness (QED) is 0.141. The number of nitrogens with zero attached hydrogens (tertiary/aromatic N) is 1. The Morgan fingerprint density at radius 1 is 0.878 bits per heavy atom. The maximum absolute atomic E-state index is 12.5. The first-order valence-corrected chi connectivity index (χ1v) is 13.7. The van der Waals surface area contributed by atoms with Crippen LogP contribution in [-0.4, -0.2) is 83.7 Å². The van der Waals surface area contributed by atoms with Crippen LogP contribution in [0.2, 0.25) is 0 Å². The van der Waals surface area contributed by atoms with Crippen molar-refractivity contribution in [2.75, 3.05) is 6.61 Å². The van der Waals surface area contributed by atoms with Crippen molar-refractivity contribution in [1.29, 1.82) is 0 Å². The minimum atomic E-state index is -1.15. The van der Waals surface area contributed by atoms with E-state index in [2.05, 4.69) is 5.32 Å². The van der Waals surface area contributed by atoms with Gasteiger partial charge in [0.15, 0.2) is 12.2 Å². The van der Waals surface area contributed by atoms with Gasteiger partial charge in [0.1, 0.15) is 12.7 Å². The highest BCUT2D eigenvalue weighted by Gasteiger charge is 2.50. The van der Waals surface area contributed by atoms with E-state index in [-0.39, 0.29) is 25.4 Å². The van der Waals surface area contributed by atoms with E-state index in [0.717, 1.165) is 0 Å². The number of hydroxylamine groups is 2. The van der Waals surface area contributed by atoms with Crippen LogP contribution >= 0.6 is 0 Å². The summed E-state index contributed by atoms with van der Waals surface area (Å²) in [5.74, 6) is -4.83. The largest absolute Gasteiger partial charge is 0.463 e. The average molecular weight is 585 g/mol. The molecule has 7 atom stereocenters. The smallest absolute Gasteiger partial charge is 0.336 e. The number of hydrogen-bond donors (Lipinski definition) is 1. The molecule has 2 aliphatic rings. The number of carbonyl (C=O) groups excluding carboxylic acids is 7. The first kappa shape index (κ1) is 33.7. The lowest BCUT2D eigenvalue weighted by atomic mass is 9.87. The van der Waals surface area contributed by atoms with Crippen LogP contribution in [0.1, 0.15) is 80.1 Å². The molecule has 0 saturated carbocycles. The predicted octanol–water partition coefficient (Wildman–Crippen LogP) is 1.12. The number of unbranched alkanes of at least 4 members (excludes halogenated alkanes) is 1. The summed E-state index contributed by atoms with van der Waals surface area (Å²) >= 11 is 0. The van der Waals surface area contributed by atoms with E-state index in [1.54, 1.807) is 6.92 Å². The van der Waals surface area contributed by atoms with Gasteiger partial charge in [-0.15, -0.1) is 5.06 Å². The van der Waals surface area contributed by atoms with Crippen LogP contribution in [0.4, 0.5) is 0 Å². The lowest BCUT2D eigenvalue weighted by Crippen LogP contribution is -2.66. The summed E-state index contributed by atoms with van der Waals surface area (Å²) in [7, 11) is 0. The number of nitrogens with one attached hydrogen (secondary N) is 1. The van der Waals surface area contributed by atoms with E-state index >= 15 is 0 Å². The Labute approximate surface area is 238 Å². The van der Waals surface area contributed by atoms with Crippen LogP contribution in [-0.2, 0) is 57.3 Å². The molecule has 0 aromatic carbocycles. The predicted molar refractivity (Wildman–Crippen MR) is 138 cm³/mol. The second-order valence-electron chi connectivity index (χ2n) is 10.4. The van der Waals surface area contributed by atoms with E-state index in [0.29, 0.717) is 30.7 Å². The van der Waals surface area contributed by atoms with Crippen molar-refractivity contribution in [3.05, 3.63) is 0 Å². The summed E-state index contributed by atoms with van der Waals surface area (Å²) in [6, 6.07) is -0.865. The molecule has 0 aromatic heterocycles. The first-order chi connectivity index (χ1) is 19.2. The van der Waals surface area contributed by atoms with Gasteiger partial charge in [0.2, 0.25) is 5.91 Å². The van der Waals surface area contributed by atoms with Crippen molar-refractivity contribution in [1.82, 2.24) is 10.4 Å². The molecule has 2 rings (SSSR count). The molecule has 3 amide bonds. The minimum Gasteiger partial charge on any atom is -0.463 e. The fourth-order valence-electron chi connectivity index (χ4n) is 4.80. The van der Waals surface area contributed by atoms with Gasteiger partial charge in [-0.2, -0.15) is 0 Å². The van der Waals surface area contributed by atoms with E-state index in [1.165, 1.54) is 27.7 Å². The second-order valence-corrected chi connectivity index (χ2v) is 10.4. The molecule has 2 aliphatic heterocycles. The number of amides is 3. The maximum Gasteiger partial charge on any atom is 0.336 e. The number of esters is 3. The number of ether oxygens (including phenoxy) is 4. The molecule has 2 heterocycles. The van der Waals surface area contributed by atoms with Gasteiger partial charge < -0.3 is 29.1 Å². The highest BCUT2D eigenvalue weighted by molar-refractivity contribution is 6.01. The van der Waals surface area contributed by atoms with Crippen LogP contribution in [0.25, 0.3) is 0 Å². The highest BCUT2D eigenvalue weighted by atomic mass is 16.7. The molecule has 1 N–H and O–H groups in total. The summed E-state index contributed by atoms with van der Waals surface area (Å²) in [6.45, 7) is 8.10. The number of carbonyl (C=O) groups is 7. The van der Waals surface area contributed by atoms with E-state index in [4.69, 9.17) is 23.8 Å². The molecular weight excluding hydrogens is 544 g/mol. The summed E-state index contributed by atoms with van der Waals surface area (Å²) in [4.78, 5) is 88.4. The molecule has 14 nitrogen and oxygen atoms in total. The lowest BCUT2D eigenvalue weighted by Gasteiger charge is -2.45. The molecule has 2 fully saturated rings. The molecule has 0 aliphatic carbocycles. The lowest BCUT2D eigenvalue weighted by molar-refractivity contribution is -0.224. The summed E-state index contributed by atoms with van der Waals surface area (Å²) in [5.41, 5.74) is 0.